The maximum absolute atomic E-state index is 5.47. The molecule has 0 atom stereocenters. The summed E-state index contributed by atoms with van der Waals surface area (Å²) in [6.45, 7) is 4.13. The minimum atomic E-state index is 0.253. The lowest BCUT2D eigenvalue weighted by Gasteiger charge is -2.14. The molecule has 2 rings (SSSR count). The summed E-state index contributed by atoms with van der Waals surface area (Å²) >= 11 is 1.40. The lowest BCUT2D eigenvalue weighted by atomic mass is 10.1. The molecule has 2 heterocycles. The number of hydrogen-bond donors (Lipinski definition) is 2. The Morgan fingerprint density at radius 2 is 1.89 bits per heavy atom. The Hall–Kier alpha value is -1.73. The molecule has 0 fully saturated rings. The Labute approximate surface area is 109 Å². The van der Waals surface area contributed by atoms with Gasteiger partial charge in [-0.05, 0) is 23.7 Å². The van der Waals surface area contributed by atoms with Crippen LogP contribution in [0.4, 0.5) is 5.82 Å². The fourth-order valence-corrected chi connectivity index (χ4v) is 2.46. The van der Waals surface area contributed by atoms with Crippen LogP contribution in [0.25, 0.3) is 0 Å². The predicted molar refractivity (Wildman–Crippen MR) is 70.1 cm³/mol. The average molecular weight is 262 g/mol. The largest absolute Gasteiger partial charge is 0.308 e. The van der Waals surface area contributed by atoms with Gasteiger partial charge in [0, 0.05) is 18.0 Å². The Balaban J connectivity index is 2.38. The number of nitrogens with zero attached hydrogens (tertiary/aromatic N) is 4. The van der Waals surface area contributed by atoms with E-state index in [1.165, 1.54) is 18.1 Å². The third kappa shape index (κ3) is 2.74. The van der Waals surface area contributed by atoms with Gasteiger partial charge in [-0.25, -0.2) is 25.8 Å². The van der Waals surface area contributed by atoms with Crippen molar-refractivity contribution in [1.29, 1.82) is 0 Å². The van der Waals surface area contributed by atoms with Crippen molar-refractivity contribution in [2.45, 2.75) is 29.9 Å². The van der Waals surface area contributed by atoms with E-state index in [0.29, 0.717) is 11.0 Å². The molecule has 0 saturated heterocycles. The van der Waals surface area contributed by atoms with E-state index in [4.69, 9.17) is 5.84 Å². The second kappa shape index (κ2) is 5.74. The molecule has 0 aromatic carbocycles. The van der Waals surface area contributed by atoms with Crippen molar-refractivity contribution in [1.82, 2.24) is 19.9 Å². The van der Waals surface area contributed by atoms with Crippen molar-refractivity contribution in [3.05, 3.63) is 30.4 Å². The van der Waals surface area contributed by atoms with Crippen molar-refractivity contribution < 1.29 is 0 Å². The molecule has 0 radical (unpaired) electrons. The fraction of sp³-hybridized carbons (Fsp3) is 0.273. The van der Waals surface area contributed by atoms with Crippen LogP contribution >= 0.6 is 11.8 Å². The van der Waals surface area contributed by atoms with Gasteiger partial charge in [0.05, 0.1) is 0 Å². The minimum Gasteiger partial charge on any atom is -0.308 e. The van der Waals surface area contributed by atoms with Gasteiger partial charge in [0.1, 0.15) is 17.2 Å². The van der Waals surface area contributed by atoms with E-state index in [-0.39, 0.29) is 5.92 Å². The summed E-state index contributed by atoms with van der Waals surface area (Å²) in [5, 5.41) is 1.47. The number of nitrogens with one attached hydrogen (secondary N) is 1. The first kappa shape index (κ1) is 12.7. The number of rotatable bonds is 4. The second-order valence-electron chi connectivity index (χ2n) is 3.87. The molecule has 0 aliphatic heterocycles. The molecular formula is C11H14N6S. The van der Waals surface area contributed by atoms with Gasteiger partial charge in [0.25, 0.3) is 0 Å². The highest BCUT2D eigenvalue weighted by atomic mass is 32.2. The molecule has 0 unspecified atom stereocenters. The first-order valence-electron chi connectivity index (χ1n) is 5.48. The van der Waals surface area contributed by atoms with Crippen LogP contribution in [0, 0.1) is 0 Å². The summed E-state index contributed by atoms with van der Waals surface area (Å²) in [5.74, 6) is 6.36. The number of hydrogen-bond acceptors (Lipinski definition) is 7. The molecule has 0 amide bonds. The normalized spacial score (nSPS) is 10.7. The van der Waals surface area contributed by atoms with Crippen molar-refractivity contribution in [2.24, 2.45) is 5.84 Å². The van der Waals surface area contributed by atoms with Crippen molar-refractivity contribution in [3.8, 4) is 0 Å². The highest BCUT2D eigenvalue weighted by molar-refractivity contribution is 7.99. The topological polar surface area (TPSA) is 89.6 Å². The van der Waals surface area contributed by atoms with Gasteiger partial charge in [-0.15, -0.1) is 0 Å². The number of hydrazine groups is 1. The van der Waals surface area contributed by atoms with E-state index >= 15 is 0 Å². The Morgan fingerprint density at radius 3 is 2.50 bits per heavy atom. The summed E-state index contributed by atoms with van der Waals surface area (Å²) in [4.78, 5) is 16.7. The van der Waals surface area contributed by atoms with Gasteiger partial charge in [-0.1, -0.05) is 13.8 Å². The number of anilines is 1. The molecule has 0 aliphatic rings. The smallest absolute Gasteiger partial charge is 0.193 e. The molecular weight excluding hydrogens is 248 g/mol. The summed E-state index contributed by atoms with van der Waals surface area (Å²) in [5.41, 5.74) is 3.57. The van der Waals surface area contributed by atoms with Crippen LogP contribution in [-0.4, -0.2) is 19.9 Å². The van der Waals surface area contributed by atoms with Crippen LogP contribution in [0.15, 0.2) is 35.0 Å². The quantitative estimate of drug-likeness (QED) is 0.376. The highest BCUT2D eigenvalue weighted by Crippen LogP contribution is 2.33. The third-order valence-corrected chi connectivity index (χ3v) is 3.20. The van der Waals surface area contributed by atoms with Crippen molar-refractivity contribution in [3.63, 3.8) is 0 Å². The second-order valence-corrected chi connectivity index (χ2v) is 4.83. The van der Waals surface area contributed by atoms with E-state index in [1.54, 1.807) is 18.5 Å². The monoisotopic (exact) mass is 262 g/mol. The number of nitrogen functional groups attached to an aromatic ring is 1. The van der Waals surface area contributed by atoms with Crippen LogP contribution < -0.4 is 11.3 Å². The van der Waals surface area contributed by atoms with Gasteiger partial charge < -0.3 is 5.43 Å². The molecule has 0 spiro atoms. The standard InChI is InChI=1S/C11H14N6S/c1-7(2)8-9(17-12)15-6-16-10(8)18-11-13-4-3-5-14-11/h3-7H,12H2,1-2H3,(H,15,16,17). The van der Waals surface area contributed by atoms with E-state index in [2.05, 4.69) is 39.2 Å². The van der Waals surface area contributed by atoms with Gasteiger partial charge >= 0.3 is 0 Å². The molecule has 2 aromatic rings. The van der Waals surface area contributed by atoms with Crippen LogP contribution in [0.3, 0.4) is 0 Å². The maximum Gasteiger partial charge on any atom is 0.193 e. The van der Waals surface area contributed by atoms with E-state index in [9.17, 15) is 0 Å². The zero-order chi connectivity index (χ0) is 13.0. The first-order valence-corrected chi connectivity index (χ1v) is 6.30. The van der Waals surface area contributed by atoms with Crippen molar-refractivity contribution >= 4 is 17.6 Å². The molecule has 6 nitrogen and oxygen atoms in total. The third-order valence-electron chi connectivity index (χ3n) is 2.29. The van der Waals surface area contributed by atoms with Gasteiger partial charge in [0.15, 0.2) is 5.16 Å². The Morgan fingerprint density at radius 1 is 1.17 bits per heavy atom. The highest BCUT2D eigenvalue weighted by Gasteiger charge is 2.16. The minimum absolute atomic E-state index is 0.253. The molecule has 7 heteroatoms. The summed E-state index contributed by atoms with van der Waals surface area (Å²) in [6.07, 6.45) is 4.88. The Bertz CT molecular complexity index is 516. The molecule has 0 bridgehead atoms. The fourth-order valence-electron chi connectivity index (χ4n) is 1.52. The summed E-state index contributed by atoms with van der Waals surface area (Å²) < 4.78 is 0. The van der Waals surface area contributed by atoms with E-state index < -0.39 is 0 Å². The van der Waals surface area contributed by atoms with Gasteiger partial charge in [0.2, 0.25) is 0 Å². The lowest BCUT2D eigenvalue weighted by molar-refractivity contribution is 0.802. The molecule has 2 aromatic heterocycles. The number of aromatic nitrogens is 4. The molecule has 0 saturated carbocycles. The molecule has 18 heavy (non-hydrogen) atoms. The predicted octanol–water partition coefficient (Wildman–Crippen LogP) is 1.83. The van der Waals surface area contributed by atoms with Crippen LogP contribution in [0.1, 0.15) is 25.3 Å². The van der Waals surface area contributed by atoms with Crippen LogP contribution in [0.5, 0.6) is 0 Å². The van der Waals surface area contributed by atoms with Gasteiger partial charge in [-0.3, -0.25) is 0 Å². The zero-order valence-corrected chi connectivity index (χ0v) is 11.0. The van der Waals surface area contributed by atoms with Crippen LogP contribution in [0.2, 0.25) is 0 Å². The van der Waals surface area contributed by atoms with Gasteiger partial charge in [-0.2, -0.15) is 0 Å². The molecule has 0 aliphatic carbocycles. The van der Waals surface area contributed by atoms with Crippen LogP contribution in [-0.2, 0) is 0 Å². The summed E-state index contributed by atoms with van der Waals surface area (Å²) in [7, 11) is 0. The maximum atomic E-state index is 5.47. The lowest BCUT2D eigenvalue weighted by Crippen LogP contribution is -2.13. The molecule has 94 valence electrons. The molecule has 3 N–H and O–H groups in total. The summed E-state index contributed by atoms with van der Waals surface area (Å²) in [6, 6.07) is 1.78. The van der Waals surface area contributed by atoms with E-state index in [1.807, 2.05) is 0 Å². The SMILES string of the molecule is CC(C)c1c(NN)ncnc1Sc1ncccn1. The first-order chi connectivity index (χ1) is 8.72. The zero-order valence-electron chi connectivity index (χ0n) is 10.2. The van der Waals surface area contributed by atoms with E-state index in [0.717, 1.165) is 10.6 Å². The average Bonchev–Trinajstić information content (AvgIpc) is 2.39. The van der Waals surface area contributed by atoms with Crippen molar-refractivity contribution in [2.75, 3.05) is 5.43 Å². The number of nitrogens with two attached hydrogens (primary N) is 1. The Kier molecular flexibility index (Phi) is 4.06.